The highest BCUT2D eigenvalue weighted by atomic mass is 79.9. The van der Waals surface area contributed by atoms with E-state index in [1.807, 2.05) is 17.2 Å². The van der Waals surface area contributed by atoms with Gasteiger partial charge in [0.15, 0.2) is 0 Å². The minimum Gasteiger partial charge on any atom is -0.449 e. The number of pyridine rings is 1. The van der Waals surface area contributed by atoms with Gasteiger partial charge < -0.3 is 15.0 Å². The molecule has 9 heteroatoms. The number of nitrogens with zero attached hydrogens (tertiary/aromatic N) is 2. The predicted octanol–water partition coefficient (Wildman–Crippen LogP) is 6.15. The SMILES string of the molecule is O=C1NCC(CCCC(=O)N2CCC(C3c4ncc(Br)cc4CCc4cc(Cl)cc(Cl)c43)CC2)CO1. The lowest BCUT2D eigenvalue weighted by Gasteiger charge is -2.37. The van der Waals surface area contributed by atoms with Gasteiger partial charge in [-0.1, -0.05) is 23.2 Å². The summed E-state index contributed by atoms with van der Waals surface area (Å²) in [4.78, 5) is 30.9. The molecule has 1 aromatic carbocycles. The van der Waals surface area contributed by atoms with Crippen LogP contribution < -0.4 is 5.32 Å². The minimum absolute atomic E-state index is 0.0918. The van der Waals surface area contributed by atoms with Crippen LogP contribution in [0.4, 0.5) is 4.79 Å². The Morgan fingerprint density at radius 2 is 1.94 bits per heavy atom. The van der Waals surface area contributed by atoms with E-state index in [9.17, 15) is 9.59 Å². The van der Waals surface area contributed by atoms with Gasteiger partial charge in [0.2, 0.25) is 5.91 Å². The predicted molar refractivity (Wildman–Crippen MR) is 144 cm³/mol. The number of benzene rings is 1. The number of ether oxygens (including phenoxy) is 1. The summed E-state index contributed by atoms with van der Waals surface area (Å²) in [7, 11) is 0. The van der Waals surface area contributed by atoms with Gasteiger partial charge in [-0.3, -0.25) is 9.78 Å². The van der Waals surface area contributed by atoms with E-state index in [4.69, 9.17) is 32.9 Å². The van der Waals surface area contributed by atoms with Crippen molar-refractivity contribution in [1.82, 2.24) is 15.2 Å². The van der Waals surface area contributed by atoms with Gasteiger partial charge >= 0.3 is 6.09 Å². The summed E-state index contributed by atoms with van der Waals surface area (Å²) in [6.07, 6.45) is 7.34. The van der Waals surface area contributed by atoms with Crippen molar-refractivity contribution in [2.75, 3.05) is 26.2 Å². The van der Waals surface area contributed by atoms with Crippen molar-refractivity contribution in [3.05, 3.63) is 61.3 Å². The first-order valence-electron chi connectivity index (χ1n) is 12.7. The van der Waals surface area contributed by atoms with Crippen molar-refractivity contribution in [1.29, 1.82) is 0 Å². The van der Waals surface area contributed by atoms with Gasteiger partial charge in [0.05, 0.1) is 12.3 Å². The number of fused-ring (bicyclic) bond motifs is 2. The number of aromatic nitrogens is 1. The second kappa shape index (κ2) is 11.3. The number of likely N-dealkylation sites (tertiary alicyclic amines) is 1. The maximum atomic E-state index is 12.9. The zero-order valence-electron chi connectivity index (χ0n) is 20.1. The average Bonchev–Trinajstić information content (AvgIpc) is 3.02. The van der Waals surface area contributed by atoms with Crippen LogP contribution in [0.3, 0.4) is 0 Å². The molecule has 2 atom stereocenters. The van der Waals surface area contributed by atoms with Crippen LogP contribution in [0.1, 0.15) is 60.4 Å². The molecule has 2 amide bonds. The van der Waals surface area contributed by atoms with E-state index in [1.54, 1.807) is 0 Å². The summed E-state index contributed by atoms with van der Waals surface area (Å²) in [5.74, 6) is 0.930. The second-order valence-corrected chi connectivity index (χ2v) is 11.9. The molecular formula is C27H30BrCl2N3O3. The average molecular weight is 595 g/mol. The molecule has 0 saturated carbocycles. The molecule has 2 saturated heterocycles. The lowest BCUT2D eigenvalue weighted by molar-refractivity contribution is -0.132. The number of carbonyl (C=O) groups is 2. The summed E-state index contributed by atoms with van der Waals surface area (Å²) < 4.78 is 6.03. The van der Waals surface area contributed by atoms with Crippen LogP contribution in [0, 0.1) is 11.8 Å². The first-order chi connectivity index (χ1) is 17.4. The number of hydrogen-bond acceptors (Lipinski definition) is 4. The molecule has 5 rings (SSSR count). The number of hydrogen-bond donors (Lipinski definition) is 1. The van der Waals surface area contributed by atoms with E-state index in [-0.39, 0.29) is 23.8 Å². The van der Waals surface area contributed by atoms with Crippen molar-refractivity contribution in [3.63, 3.8) is 0 Å². The quantitative estimate of drug-likeness (QED) is 0.451. The number of rotatable bonds is 5. The number of aryl methyl sites for hydroxylation is 2. The fourth-order valence-corrected chi connectivity index (χ4v) is 6.96. The zero-order valence-corrected chi connectivity index (χ0v) is 23.2. The Labute approximate surface area is 230 Å². The van der Waals surface area contributed by atoms with Gasteiger partial charge in [0, 0.05) is 58.6 Å². The number of nitrogens with one attached hydrogen (secondary N) is 1. The molecule has 0 bridgehead atoms. The molecule has 3 heterocycles. The summed E-state index contributed by atoms with van der Waals surface area (Å²) in [5, 5.41) is 4.09. The molecule has 2 unspecified atom stereocenters. The van der Waals surface area contributed by atoms with E-state index in [0.717, 1.165) is 67.3 Å². The van der Waals surface area contributed by atoms with Crippen LogP contribution >= 0.6 is 39.1 Å². The highest BCUT2D eigenvalue weighted by Crippen LogP contribution is 2.46. The van der Waals surface area contributed by atoms with E-state index in [1.165, 1.54) is 11.1 Å². The van der Waals surface area contributed by atoms with Gasteiger partial charge in [0.1, 0.15) is 0 Å². The number of halogens is 3. The summed E-state index contributed by atoms with van der Waals surface area (Å²) in [6, 6.07) is 6.08. The maximum Gasteiger partial charge on any atom is 0.407 e. The van der Waals surface area contributed by atoms with Crippen molar-refractivity contribution >= 4 is 51.1 Å². The molecule has 3 aliphatic rings. The van der Waals surface area contributed by atoms with Gasteiger partial charge in [0.25, 0.3) is 0 Å². The molecule has 2 aliphatic heterocycles. The Morgan fingerprint density at radius 3 is 2.69 bits per heavy atom. The number of carbonyl (C=O) groups excluding carboxylic acids is 2. The Morgan fingerprint density at radius 1 is 1.17 bits per heavy atom. The van der Waals surface area contributed by atoms with Crippen LogP contribution in [-0.2, 0) is 22.4 Å². The van der Waals surface area contributed by atoms with Crippen LogP contribution in [0.5, 0.6) is 0 Å². The van der Waals surface area contributed by atoms with E-state index < -0.39 is 0 Å². The summed E-state index contributed by atoms with van der Waals surface area (Å²) in [6.45, 7) is 2.55. The number of cyclic esters (lactones) is 1. The molecule has 2 fully saturated rings. The number of amides is 2. The molecular weight excluding hydrogens is 565 g/mol. The topological polar surface area (TPSA) is 71.5 Å². The Balaban J connectivity index is 1.26. The molecule has 6 nitrogen and oxygen atoms in total. The first kappa shape index (κ1) is 25.8. The monoisotopic (exact) mass is 593 g/mol. The second-order valence-electron chi connectivity index (χ2n) is 10.1. The van der Waals surface area contributed by atoms with Crippen LogP contribution in [-0.4, -0.2) is 48.1 Å². The lowest BCUT2D eigenvalue weighted by atomic mass is 9.76. The lowest BCUT2D eigenvalue weighted by Crippen LogP contribution is -2.40. The van der Waals surface area contributed by atoms with Crippen LogP contribution in [0.25, 0.3) is 0 Å². The van der Waals surface area contributed by atoms with Gasteiger partial charge in [-0.05, 0) is 95.3 Å². The molecule has 192 valence electrons. The molecule has 1 aliphatic carbocycles. The third-order valence-corrected chi connectivity index (χ3v) is 8.73. The highest BCUT2D eigenvalue weighted by Gasteiger charge is 2.36. The zero-order chi connectivity index (χ0) is 25.2. The maximum absolute atomic E-state index is 12.9. The van der Waals surface area contributed by atoms with Crippen molar-refractivity contribution in [3.8, 4) is 0 Å². The highest BCUT2D eigenvalue weighted by molar-refractivity contribution is 9.10. The Bertz CT molecular complexity index is 1140. The summed E-state index contributed by atoms with van der Waals surface area (Å²) in [5.41, 5.74) is 4.71. The Hall–Kier alpha value is -1.83. The molecule has 2 aromatic rings. The van der Waals surface area contributed by atoms with Crippen LogP contribution in [0.2, 0.25) is 10.0 Å². The fourth-order valence-electron chi connectivity index (χ4n) is 5.93. The van der Waals surface area contributed by atoms with E-state index in [2.05, 4.69) is 33.4 Å². The largest absolute Gasteiger partial charge is 0.449 e. The number of alkyl carbamates (subject to hydrolysis) is 1. The molecule has 1 aromatic heterocycles. The van der Waals surface area contributed by atoms with Gasteiger partial charge in [-0.15, -0.1) is 0 Å². The fraction of sp³-hybridized carbons (Fsp3) is 0.519. The molecule has 36 heavy (non-hydrogen) atoms. The first-order valence-corrected chi connectivity index (χ1v) is 14.2. The van der Waals surface area contributed by atoms with Gasteiger partial charge in [-0.2, -0.15) is 0 Å². The molecule has 0 spiro atoms. The van der Waals surface area contributed by atoms with Crippen molar-refractivity contribution in [2.24, 2.45) is 11.8 Å². The van der Waals surface area contributed by atoms with Crippen LogP contribution in [0.15, 0.2) is 28.9 Å². The van der Waals surface area contributed by atoms with E-state index in [0.29, 0.717) is 35.5 Å². The smallest absolute Gasteiger partial charge is 0.407 e. The molecule has 1 N–H and O–H groups in total. The molecule has 0 radical (unpaired) electrons. The third kappa shape index (κ3) is 5.68. The van der Waals surface area contributed by atoms with Crippen molar-refractivity contribution < 1.29 is 14.3 Å². The van der Waals surface area contributed by atoms with Gasteiger partial charge in [-0.25, -0.2) is 4.79 Å². The normalized spacial score (nSPS) is 22.2. The standard InChI is InChI=1S/C27H30BrCl2N3O3/c28-20-10-19-5-4-18-11-21(29)12-22(30)24(18)25(26(19)31-14-20)17-6-8-33(9-7-17)23(34)3-1-2-16-13-32-27(35)36-15-16/h10-12,14,16-17,25H,1-9,13,15H2,(H,32,35). The Kier molecular flexibility index (Phi) is 8.08. The third-order valence-electron chi connectivity index (χ3n) is 7.77. The minimum atomic E-state index is -0.351. The number of piperidine rings is 1. The summed E-state index contributed by atoms with van der Waals surface area (Å²) >= 11 is 16.8. The van der Waals surface area contributed by atoms with E-state index >= 15 is 0 Å². The van der Waals surface area contributed by atoms with Crippen molar-refractivity contribution in [2.45, 2.75) is 50.9 Å².